The summed E-state index contributed by atoms with van der Waals surface area (Å²) in [7, 11) is 0. The zero-order chi connectivity index (χ0) is 15.2. The van der Waals surface area contributed by atoms with Gasteiger partial charge in [-0.2, -0.15) is 0 Å². The van der Waals surface area contributed by atoms with Crippen molar-refractivity contribution in [2.75, 3.05) is 26.2 Å². The van der Waals surface area contributed by atoms with E-state index in [1.54, 1.807) is 12.1 Å². The van der Waals surface area contributed by atoms with Gasteiger partial charge in [0.05, 0.1) is 10.8 Å². The van der Waals surface area contributed by atoms with Crippen LogP contribution in [0.5, 0.6) is 5.75 Å². The molecule has 1 N–H and O–H groups in total. The van der Waals surface area contributed by atoms with Gasteiger partial charge in [-0.1, -0.05) is 0 Å². The average molecular weight is 294 g/mol. The van der Waals surface area contributed by atoms with E-state index in [1.807, 2.05) is 0 Å². The predicted octanol–water partition coefficient (Wildman–Crippen LogP) is 1.77. The molecule has 114 valence electrons. The first kappa shape index (κ1) is 15.2. The highest BCUT2D eigenvalue weighted by molar-refractivity contribution is 5.70. The average Bonchev–Trinajstić information content (AvgIpc) is 2.48. The van der Waals surface area contributed by atoms with Crippen molar-refractivity contribution in [1.82, 2.24) is 4.90 Å². The summed E-state index contributed by atoms with van der Waals surface area (Å²) in [5.74, 6) is -0.457. The molecule has 2 rings (SSSR count). The number of carbonyl (C=O) groups is 1. The number of carboxylic acids is 1. The monoisotopic (exact) mass is 294 g/mol. The van der Waals surface area contributed by atoms with Gasteiger partial charge in [0, 0.05) is 25.2 Å². The van der Waals surface area contributed by atoms with Crippen molar-refractivity contribution in [2.45, 2.75) is 12.8 Å². The first-order valence-electron chi connectivity index (χ1n) is 6.88. The summed E-state index contributed by atoms with van der Waals surface area (Å²) < 4.78 is 5.53. The molecule has 1 heterocycles. The lowest BCUT2D eigenvalue weighted by Gasteiger charge is -2.30. The molecule has 0 aromatic heterocycles. The Morgan fingerprint density at radius 2 is 2.14 bits per heavy atom. The predicted molar refractivity (Wildman–Crippen MR) is 75.4 cm³/mol. The third-order valence-electron chi connectivity index (χ3n) is 3.58. The Morgan fingerprint density at radius 3 is 2.76 bits per heavy atom. The maximum Gasteiger partial charge on any atom is 0.307 e. The van der Waals surface area contributed by atoms with Crippen LogP contribution in [-0.4, -0.2) is 47.1 Å². The summed E-state index contributed by atoms with van der Waals surface area (Å²) in [6, 6.07) is 5.93. The van der Waals surface area contributed by atoms with Crippen LogP contribution in [0.3, 0.4) is 0 Å². The smallest absolute Gasteiger partial charge is 0.307 e. The minimum absolute atomic E-state index is 0.0303. The molecular weight excluding hydrogens is 276 g/mol. The summed E-state index contributed by atoms with van der Waals surface area (Å²) in [4.78, 5) is 23.1. The minimum atomic E-state index is -0.740. The number of non-ortho nitro benzene ring substituents is 1. The molecule has 0 amide bonds. The largest absolute Gasteiger partial charge is 0.492 e. The number of ether oxygens (including phenoxy) is 1. The van der Waals surface area contributed by atoms with Crippen molar-refractivity contribution in [1.29, 1.82) is 0 Å². The van der Waals surface area contributed by atoms with Crippen molar-refractivity contribution in [3.05, 3.63) is 34.4 Å². The summed E-state index contributed by atoms with van der Waals surface area (Å²) in [5.41, 5.74) is 0.0303. The lowest BCUT2D eigenvalue weighted by Crippen LogP contribution is -2.40. The number of piperidine rings is 1. The highest BCUT2D eigenvalue weighted by atomic mass is 16.6. The van der Waals surface area contributed by atoms with Crippen LogP contribution >= 0.6 is 0 Å². The Bertz CT molecular complexity index is 503. The molecule has 1 saturated heterocycles. The molecule has 1 fully saturated rings. The fraction of sp³-hybridized carbons (Fsp3) is 0.500. The Hall–Kier alpha value is -2.15. The van der Waals surface area contributed by atoms with E-state index in [9.17, 15) is 14.9 Å². The van der Waals surface area contributed by atoms with Gasteiger partial charge < -0.3 is 9.84 Å². The van der Waals surface area contributed by atoms with Crippen LogP contribution < -0.4 is 4.74 Å². The number of carboxylic acid groups (broad SMARTS) is 1. The molecule has 1 aromatic carbocycles. The maximum atomic E-state index is 11.0. The van der Waals surface area contributed by atoms with Crippen molar-refractivity contribution in [3.8, 4) is 5.75 Å². The van der Waals surface area contributed by atoms with Gasteiger partial charge in [-0.25, -0.2) is 0 Å². The van der Waals surface area contributed by atoms with E-state index < -0.39 is 10.9 Å². The van der Waals surface area contributed by atoms with E-state index >= 15 is 0 Å². The molecule has 1 aliphatic rings. The van der Waals surface area contributed by atoms with Crippen molar-refractivity contribution in [2.24, 2.45) is 5.92 Å². The number of rotatable bonds is 6. The summed E-state index contributed by atoms with van der Waals surface area (Å²) in [6.45, 7) is 2.53. The van der Waals surface area contributed by atoms with Crippen LogP contribution in [0.25, 0.3) is 0 Å². The molecule has 0 saturated carbocycles. The lowest BCUT2D eigenvalue weighted by molar-refractivity contribution is -0.384. The third kappa shape index (κ3) is 4.42. The van der Waals surface area contributed by atoms with Gasteiger partial charge in [0.2, 0.25) is 0 Å². The molecule has 7 nitrogen and oxygen atoms in total. The number of nitro groups is 1. The number of benzene rings is 1. The Labute approximate surface area is 122 Å². The van der Waals surface area contributed by atoms with Gasteiger partial charge in [-0.3, -0.25) is 19.8 Å². The number of aliphatic carboxylic acids is 1. The molecular formula is C14H18N2O5. The molecule has 1 aliphatic heterocycles. The van der Waals surface area contributed by atoms with Crippen LogP contribution in [-0.2, 0) is 4.79 Å². The van der Waals surface area contributed by atoms with Crippen LogP contribution in [0.15, 0.2) is 24.3 Å². The minimum Gasteiger partial charge on any atom is -0.492 e. The molecule has 0 spiro atoms. The topological polar surface area (TPSA) is 92.9 Å². The van der Waals surface area contributed by atoms with Crippen LogP contribution in [0.2, 0.25) is 0 Å². The molecule has 0 radical (unpaired) electrons. The molecule has 7 heteroatoms. The first-order chi connectivity index (χ1) is 10.1. The molecule has 21 heavy (non-hydrogen) atoms. The highest BCUT2D eigenvalue weighted by Gasteiger charge is 2.24. The third-order valence-corrected chi connectivity index (χ3v) is 3.58. The quantitative estimate of drug-likeness (QED) is 0.635. The van der Waals surface area contributed by atoms with Crippen LogP contribution in [0.1, 0.15) is 12.8 Å². The van der Waals surface area contributed by atoms with Gasteiger partial charge in [0.15, 0.2) is 0 Å². The van der Waals surface area contributed by atoms with E-state index in [1.165, 1.54) is 12.1 Å². The van der Waals surface area contributed by atoms with E-state index in [4.69, 9.17) is 9.84 Å². The van der Waals surface area contributed by atoms with E-state index in [-0.39, 0.29) is 11.6 Å². The Balaban J connectivity index is 1.76. The van der Waals surface area contributed by atoms with Gasteiger partial charge in [-0.05, 0) is 31.5 Å². The van der Waals surface area contributed by atoms with Crippen molar-refractivity contribution < 1.29 is 19.6 Å². The first-order valence-corrected chi connectivity index (χ1v) is 6.88. The number of nitro benzene ring substituents is 1. The zero-order valence-corrected chi connectivity index (χ0v) is 11.6. The zero-order valence-electron chi connectivity index (χ0n) is 11.6. The SMILES string of the molecule is O=C(O)C1CCCN(CCOc2ccc([N+](=O)[O-])cc2)C1. The second kappa shape index (κ2) is 7.03. The summed E-state index contributed by atoms with van der Waals surface area (Å²) >= 11 is 0. The van der Waals surface area contributed by atoms with Gasteiger partial charge >= 0.3 is 5.97 Å². The molecule has 0 bridgehead atoms. The van der Waals surface area contributed by atoms with Gasteiger partial charge in [-0.15, -0.1) is 0 Å². The highest BCUT2D eigenvalue weighted by Crippen LogP contribution is 2.18. The van der Waals surface area contributed by atoms with Crippen molar-refractivity contribution in [3.63, 3.8) is 0 Å². The molecule has 1 unspecified atom stereocenters. The Kier molecular flexibility index (Phi) is 5.10. The maximum absolute atomic E-state index is 11.0. The number of likely N-dealkylation sites (tertiary alicyclic amines) is 1. The number of hydrogen-bond acceptors (Lipinski definition) is 5. The molecule has 0 aliphatic carbocycles. The number of hydrogen-bond donors (Lipinski definition) is 1. The second-order valence-electron chi connectivity index (χ2n) is 5.08. The van der Waals surface area contributed by atoms with E-state index in [2.05, 4.69) is 4.90 Å². The van der Waals surface area contributed by atoms with Crippen LogP contribution in [0.4, 0.5) is 5.69 Å². The van der Waals surface area contributed by atoms with Gasteiger partial charge in [0.25, 0.3) is 5.69 Å². The second-order valence-corrected chi connectivity index (χ2v) is 5.08. The Morgan fingerprint density at radius 1 is 1.43 bits per heavy atom. The number of nitrogens with zero attached hydrogens (tertiary/aromatic N) is 2. The van der Waals surface area contributed by atoms with E-state index in [0.717, 1.165) is 19.4 Å². The fourth-order valence-corrected chi connectivity index (χ4v) is 2.42. The summed E-state index contributed by atoms with van der Waals surface area (Å²) in [5, 5.41) is 19.5. The molecule has 1 atom stereocenters. The standard InChI is InChI=1S/C14H18N2O5/c17-14(18)11-2-1-7-15(10-11)8-9-21-13-5-3-12(4-6-13)16(19)20/h3-6,11H,1-2,7-10H2,(H,17,18). The normalized spacial score (nSPS) is 19.1. The van der Waals surface area contributed by atoms with E-state index in [0.29, 0.717) is 25.4 Å². The summed E-state index contributed by atoms with van der Waals surface area (Å²) in [6.07, 6.45) is 1.61. The fourth-order valence-electron chi connectivity index (χ4n) is 2.42. The van der Waals surface area contributed by atoms with Crippen molar-refractivity contribution >= 4 is 11.7 Å². The van der Waals surface area contributed by atoms with Crippen LogP contribution in [0, 0.1) is 16.0 Å². The lowest BCUT2D eigenvalue weighted by atomic mass is 9.98. The molecule has 1 aromatic rings. The van der Waals surface area contributed by atoms with Gasteiger partial charge in [0.1, 0.15) is 12.4 Å².